The standard InChI is InChI=1S/C19H22N2O2.ClH/c22-19(18-8-4-5-13-20-18)21-16-9-11-17(12-10-16)23-14-15-6-2-1-3-7-15;/h1-3,6-7,9-12,18,20H,4-5,8,13-14H2,(H,21,22);1H/t18-;/m0./s1. The number of benzene rings is 2. The Morgan fingerprint density at radius 1 is 1.08 bits per heavy atom. The second-order valence-electron chi connectivity index (χ2n) is 5.79. The zero-order valence-electron chi connectivity index (χ0n) is 13.5. The number of nitrogens with one attached hydrogen (secondary N) is 2. The van der Waals surface area contributed by atoms with E-state index in [4.69, 9.17) is 4.74 Å². The lowest BCUT2D eigenvalue weighted by Gasteiger charge is -2.22. The van der Waals surface area contributed by atoms with Crippen molar-refractivity contribution in [2.24, 2.45) is 0 Å². The molecule has 3 rings (SSSR count). The molecule has 0 aliphatic carbocycles. The van der Waals surface area contributed by atoms with Crippen molar-refractivity contribution in [1.82, 2.24) is 5.32 Å². The molecule has 1 amide bonds. The molecule has 0 unspecified atom stereocenters. The highest BCUT2D eigenvalue weighted by Crippen LogP contribution is 2.18. The van der Waals surface area contributed by atoms with E-state index in [0.29, 0.717) is 6.61 Å². The predicted octanol–water partition coefficient (Wildman–Crippen LogP) is 3.77. The second kappa shape index (κ2) is 9.30. The molecule has 1 aliphatic heterocycles. The van der Waals surface area contributed by atoms with Crippen LogP contribution < -0.4 is 15.4 Å². The summed E-state index contributed by atoms with van der Waals surface area (Å²) in [5.74, 6) is 0.838. The van der Waals surface area contributed by atoms with Gasteiger partial charge in [-0.1, -0.05) is 36.8 Å². The van der Waals surface area contributed by atoms with Crippen LogP contribution in [0.25, 0.3) is 0 Å². The molecule has 24 heavy (non-hydrogen) atoms. The van der Waals surface area contributed by atoms with Gasteiger partial charge in [-0.15, -0.1) is 12.4 Å². The summed E-state index contributed by atoms with van der Waals surface area (Å²) in [6.07, 6.45) is 3.17. The van der Waals surface area contributed by atoms with Crippen molar-refractivity contribution in [3.05, 3.63) is 60.2 Å². The monoisotopic (exact) mass is 346 g/mol. The molecule has 5 heteroatoms. The van der Waals surface area contributed by atoms with E-state index >= 15 is 0 Å². The Hall–Kier alpha value is -2.04. The maximum atomic E-state index is 12.2. The number of piperidine rings is 1. The van der Waals surface area contributed by atoms with Gasteiger partial charge in [-0.05, 0) is 49.2 Å². The zero-order chi connectivity index (χ0) is 15.9. The van der Waals surface area contributed by atoms with Gasteiger partial charge in [-0.25, -0.2) is 0 Å². The normalized spacial score (nSPS) is 16.8. The summed E-state index contributed by atoms with van der Waals surface area (Å²) in [5.41, 5.74) is 1.93. The second-order valence-corrected chi connectivity index (χ2v) is 5.79. The lowest BCUT2D eigenvalue weighted by molar-refractivity contribution is -0.118. The molecule has 2 N–H and O–H groups in total. The van der Waals surface area contributed by atoms with Gasteiger partial charge in [-0.2, -0.15) is 0 Å². The van der Waals surface area contributed by atoms with Crippen LogP contribution in [-0.4, -0.2) is 18.5 Å². The Morgan fingerprint density at radius 2 is 1.83 bits per heavy atom. The summed E-state index contributed by atoms with van der Waals surface area (Å²) in [5, 5.41) is 6.21. The highest BCUT2D eigenvalue weighted by Gasteiger charge is 2.20. The Labute approximate surface area is 149 Å². The van der Waals surface area contributed by atoms with E-state index in [2.05, 4.69) is 10.6 Å². The van der Waals surface area contributed by atoms with Gasteiger partial charge in [-0.3, -0.25) is 4.79 Å². The van der Waals surface area contributed by atoms with Crippen LogP contribution in [0, 0.1) is 0 Å². The first kappa shape index (κ1) is 18.3. The van der Waals surface area contributed by atoms with Crippen molar-refractivity contribution in [2.45, 2.75) is 31.9 Å². The van der Waals surface area contributed by atoms with Crippen LogP contribution in [-0.2, 0) is 11.4 Å². The summed E-state index contributed by atoms with van der Waals surface area (Å²) < 4.78 is 5.74. The molecule has 2 aromatic carbocycles. The summed E-state index contributed by atoms with van der Waals surface area (Å²) in [4.78, 5) is 12.2. The van der Waals surface area contributed by atoms with Gasteiger partial charge >= 0.3 is 0 Å². The van der Waals surface area contributed by atoms with Crippen molar-refractivity contribution < 1.29 is 9.53 Å². The van der Waals surface area contributed by atoms with Gasteiger partial charge < -0.3 is 15.4 Å². The first-order valence-electron chi connectivity index (χ1n) is 8.12. The Bertz CT molecular complexity index is 626. The highest BCUT2D eigenvalue weighted by atomic mass is 35.5. The minimum absolute atomic E-state index is 0. The molecular formula is C19H23ClN2O2. The van der Waals surface area contributed by atoms with E-state index in [9.17, 15) is 4.79 Å². The third-order valence-electron chi connectivity index (χ3n) is 4.00. The van der Waals surface area contributed by atoms with Gasteiger partial charge in [0.25, 0.3) is 0 Å². The number of ether oxygens (including phenoxy) is 1. The number of anilines is 1. The highest BCUT2D eigenvalue weighted by molar-refractivity contribution is 5.94. The van der Waals surface area contributed by atoms with Crippen LogP contribution in [0.3, 0.4) is 0 Å². The number of halogens is 1. The number of hydrogen-bond acceptors (Lipinski definition) is 3. The molecule has 1 heterocycles. The molecule has 0 bridgehead atoms. The van der Waals surface area contributed by atoms with E-state index in [1.54, 1.807) is 0 Å². The van der Waals surface area contributed by atoms with Gasteiger partial charge in [0.2, 0.25) is 5.91 Å². The number of amides is 1. The zero-order valence-corrected chi connectivity index (χ0v) is 14.4. The average molecular weight is 347 g/mol. The van der Waals surface area contributed by atoms with E-state index in [0.717, 1.165) is 42.8 Å². The fraction of sp³-hybridized carbons (Fsp3) is 0.316. The number of rotatable bonds is 5. The summed E-state index contributed by atoms with van der Waals surface area (Å²) in [6.45, 7) is 1.46. The largest absolute Gasteiger partial charge is 0.489 e. The molecule has 1 fully saturated rings. The number of carbonyl (C=O) groups is 1. The maximum absolute atomic E-state index is 12.2. The number of hydrogen-bond donors (Lipinski definition) is 2. The lowest BCUT2D eigenvalue weighted by atomic mass is 10.0. The minimum atomic E-state index is -0.0715. The van der Waals surface area contributed by atoms with Gasteiger partial charge in [0.1, 0.15) is 12.4 Å². The van der Waals surface area contributed by atoms with Crippen LogP contribution >= 0.6 is 12.4 Å². The Kier molecular flexibility index (Phi) is 7.09. The third kappa shape index (κ3) is 5.25. The van der Waals surface area contributed by atoms with Crippen molar-refractivity contribution in [3.8, 4) is 5.75 Å². The molecule has 0 aromatic heterocycles. The fourth-order valence-electron chi connectivity index (χ4n) is 2.68. The molecule has 1 atom stereocenters. The maximum Gasteiger partial charge on any atom is 0.241 e. The SMILES string of the molecule is Cl.O=C(Nc1ccc(OCc2ccccc2)cc1)[C@@H]1CCCCN1. The molecule has 0 radical (unpaired) electrons. The third-order valence-corrected chi connectivity index (χ3v) is 4.00. The molecule has 2 aromatic rings. The van der Waals surface area contributed by atoms with Crippen molar-refractivity contribution >= 4 is 24.0 Å². The quantitative estimate of drug-likeness (QED) is 0.866. The summed E-state index contributed by atoms with van der Waals surface area (Å²) in [7, 11) is 0. The topological polar surface area (TPSA) is 50.4 Å². The van der Waals surface area contributed by atoms with E-state index in [1.807, 2.05) is 54.6 Å². The first-order valence-corrected chi connectivity index (χ1v) is 8.12. The van der Waals surface area contributed by atoms with Crippen LogP contribution in [0.2, 0.25) is 0 Å². The molecule has 0 saturated carbocycles. The molecule has 0 spiro atoms. The molecule has 1 saturated heterocycles. The summed E-state index contributed by atoms with van der Waals surface area (Å²) in [6, 6.07) is 17.5. The van der Waals surface area contributed by atoms with Crippen LogP contribution in [0.5, 0.6) is 5.75 Å². The number of carbonyl (C=O) groups excluding carboxylic acids is 1. The van der Waals surface area contributed by atoms with Gasteiger partial charge in [0, 0.05) is 5.69 Å². The van der Waals surface area contributed by atoms with Crippen LogP contribution in [0.4, 0.5) is 5.69 Å². The average Bonchev–Trinajstić information content (AvgIpc) is 2.63. The van der Waals surface area contributed by atoms with Crippen molar-refractivity contribution in [2.75, 3.05) is 11.9 Å². The molecule has 128 valence electrons. The molecule has 1 aliphatic rings. The van der Waals surface area contributed by atoms with Crippen molar-refractivity contribution in [1.29, 1.82) is 0 Å². The van der Waals surface area contributed by atoms with E-state index < -0.39 is 0 Å². The molecule has 4 nitrogen and oxygen atoms in total. The van der Waals surface area contributed by atoms with E-state index in [-0.39, 0.29) is 24.4 Å². The van der Waals surface area contributed by atoms with Gasteiger partial charge in [0.05, 0.1) is 6.04 Å². The first-order chi connectivity index (χ1) is 11.3. The van der Waals surface area contributed by atoms with E-state index in [1.165, 1.54) is 0 Å². The van der Waals surface area contributed by atoms with Crippen LogP contribution in [0.1, 0.15) is 24.8 Å². The lowest BCUT2D eigenvalue weighted by Crippen LogP contribution is -2.43. The fourth-order valence-corrected chi connectivity index (χ4v) is 2.68. The van der Waals surface area contributed by atoms with Gasteiger partial charge in [0.15, 0.2) is 0 Å². The van der Waals surface area contributed by atoms with Crippen LogP contribution in [0.15, 0.2) is 54.6 Å². The molecular weight excluding hydrogens is 324 g/mol. The minimum Gasteiger partial charge on any atom is -0.489 e. The smallest absolute Gasteiger partial charge is 0.241 e. The Morgan fingerprint density at radius 3 is 2.50 bits per heavy atom. The summed E-state index contributed by atoms with van der Waals surface area (Å²) >= 11 is 0. The van der Waals surface area contributed by atoms with Crippen molar-refractivity contribution in [3.63, 3.8) is 0 Å². The predicted molar refractivity (Wildman–Crippen MR) is 98.7 cm³/mol. The Balaban J connectivity index is 0.00000208.